The summed E-state index contributed by atoms with van der Waals surface area (Å²) in [6.45, 7) is 6.09. The predicted octanol–water partition coefficient (Wildman–Crippen LogP) is 2.43. The maximum Gasteiger partial charge on any atom is 0.0949 e. The molecule has 2 atom stereocenters. The summed E-state index contributed by atoms with van der Waals surface area (Å²) < 4.78 is 5.84. The molecule has 1 aromatic carbocycles. The Kier molecular flexibility index (Phi) is 3.39. The average Bonchev–Trinajstić information content (AvgIpc) is 2.44. The Morgan fingerprint density at radius 2 is 2.00 bits per heavy atom. The second kappa shape index (κ2) is 4.77. The first-order valence-corrected chi connectivity index (χ1v) is 5.67. The van der Waals surface area contributed by atoms with Crippen LogP contribution in [-0.2, 0) is 4.74 Å². The van der Waals surface area contributed by atoms with Crippen molar-refractivity contribution in [2.75, 3.05) is 13.2 Å². The third-order valence-corrected chi connectivity index (χ3v) is 2.97. The van der Waals surface area contributed by atoms with Crippen LogP contribution >= 0.6 is 0 Å². The van der Waals surface area contributed by atoms with E-state index in [0.717, 1.165) is 19.6 Å². The highest BCUT2D eigenvalue weighted by Gasteiger charge is 2.17. The maximum atomic E-state index is 5.84. The molecule has 1 aromatic rings. The van der Waals surface area contributed by atoms with E-state index in [2.05, 4.69) is 43.4 Å². The summed E-state index contributed by atoms with van der Waals surface area (Å²) in [5.74, 6) is 0. The fourth-order valence-electron chi connectivity index (χ4n) is 1.85. The highest BCUT2D eigenvalue weighted by Crippen LogP contribution is 2.19. The van der Waals surface area contributed by atoms with Crippen LogP contribution in [0.1, 0.15) is 30.6 Å². The Labute approximate surface area is 91.6 Å². The molecule has 0 spiro atoms. The largest absolute Gasteiger partial charge is 0.372 e. The number of aryl methyl sites for hydroxylation is 1. The van der Waals surface area contributed by atoms with Gasteiger partial charge in [0.25, 0.3) is 0 Å². The van der Waals surface area contributed by atoms with Crippen molar-refractivity contribution in [2.24, 2.45) is 0 Å². The van der Waals surface area contributed by atoms with E-state index < -0.39 is 0 Å². The number of hydrogen-bond acceptors (Lipinski definition) is 2. The molecule has 0 aromatic heterocycles. The van der Waals surface area contributed by atoms with Gasteiger partial charge in [-0.3, -0.25) is 0 Å². The van der Waals surface area contributed by atoms with Crippen LogP contribution in [0.4, 0.5) is 0 Å². The number of hydrogen-bond donors (Lipinski definition) is 1. The third kappa shape index (κ3) is 2.80. The van der Waals surface area contributed by atoms with Gasteiger partial charge in [-0.25, -0.2) is 0 Å². The zero-order valence-corrected chi connectivity index (χ0v) is 9.49. The first-order chi connectivity index (χ1) is 7.25. The lowest BCUT2D eigenvalue weighted by Crippen LogP contribution is -2.27. The van der Waals surface area contributed by atoms with Crippen molar-refractivity contribution >= 4 is 0 Å². The second-order valence-electron chi connectivity index (χ2n) is 4.37. The van der Waals surface area contributed by atoms with Crippen molar-refractivity contribution in [3.63, 3.8) is 0 Å². The molecule has 15 heavy (non-hydrogen) atoms. The minimum Gasteiger partial charge on any atom is -0.372 e. The first-order valence-electron chi connectivity index (χ1n) is 5.67. The summed E-state index contributed by atoms with van der Waals surface area (Å²) in [5, 5.41) is 3.48. The topological polar surface area (TPSA) is 21.3 Å². The van der Waals surface area contributed by atoms with Crippen LogP contribution in [0.3, 0.4) is 0 Å². The summed E-state index contributed by atoms with van der Waals surface area (Å²) in [4.78, 5) is 0. The van der Waals surface area contributed by atoms with Crippen LogP contribution in [0.5, 0.6) is 0 Å². The standard InChI is InChI=1S/C13H19NO/c1-10-3-5-12(6-4-10)13-9-14-11(2)7-8-15-13/h3-6,11,13-14H,7-9H2,1-2H3. The average molecular weight is 205 g/mol. The number of nitrogens with one attached hydrogen (secondary N) is 1. The maximum absolute atomic E-state index is 5.84. The fourth-order valence-corrected chi connectivity index (χ4v) is 1.85. The van der Waals surface area contributed by atoms with E-state index in [1.54, 1.807) is 0 Å². The lowest BCUT2D eigenvalue weighted by Gasteiger charge is -2.15. The Morgan fingerprint density at radius 3 is 2.73 bits per heavy atom. The normalized spacial score (nSPS) is 27.3. The Balaban J connectivity index is 2.06. The molecule has 1 N–H and O–H groups in total. The molecular formula is C13H19NO. The minimum atomic E-state index is 0.218. The van der Waals surface area contributed by atoms with E-state index in [-0.39, 0.29) is 6.10 Å². The zero-order chi connectivity index (χ0) is 10.7. The monoisotopic (exact) mass is 205 g/mol. The molecule has 1 saturated heterocycles. The molecule has 0 amide bonds. The second-order valence-corrected chi connectivity index (χ2v) is 4.37. The van der Waals surface area contributed by atoms with Gasteiger partial charge in [0.2, 0.25) is 0 Å². The number of benzene rings is 1. The smallest absolute Gasteiger partial charge is 0.0949 e. The molecule has 2 rings (SSSR count). The lowest BCUT2D eigenvalue weighted by molar-refractivity contribution is 0.0665. The van der Waals surface area contributed by atoms with Crippen LogP contribution in [0.25, 0.3) is 0 Å². The van der Waals surface area contributed by atoms with Gasteiger partial charge in [-0.05, 0) is 25.8 Å². The Morgan fingerprint density at radius 1 is 1.27 bits per heavy atom. The first kappa shape index (κ1) is 10.7. The summed E-state index contributed by atoms with van der Waals surface area (Å²) in [5.41, 5.74) is 2.58. The molecule has 2 unspecified atom stereocenters. The minimum absolute atomic E-state index is 0.218. The summed E-state index contributed by atoms with van der Waals surface area (Å²) in [6.07, 6.45) is 1.32. The predicted molar refractivity (Wildman–Crippen MR) is 62.0 cm³/mol. The summed E-state index contributed by atoms with van der Waals surface area (Å²) >= 11 is 0. The quantitative estimate of drug-likeness (QED) is 0.760. The molecular weight excluding hydrogens is 186 g/mol. The summed E-state index contributed by atoms with van der Waals surface area (Å²) in [7, 11) is 0. The van der Waals surface area contributed by atoms with Gasteiger partial charge in [0.05, 0.1) is 6.10 Å². The van der Waals surface area contributed by atoms with Crippen molar-refractivity contribution in [1.82, 2.24) is 5.32 Å². The molecule has 0 saturated carbocycles. The molecule has 1 aliphatic rings. The highest BCUT2D eigenvalue weighted by atomic mass is 16.5. The van der Waals surface area contributed by atoms with Crippen LogP contribution in [0.2, 0.25) is 0 Å². The van der Waals surface area contributed by atoms with Crippen LogP contribution in [-0.4, -0.2) is 19.2 Å². The van der Waals surface area contributed by atoms with Gasteiger partial charge < -0.3 is 10.1 Å². The van der Waals surface area contributed by atoms with Crippen molar-refractivity contribution < 1.29 is 4.74 Å². The van der Waals surface area contributed by atoms with Crippen LogP contribution in [0.15, 0.2) is 24.3 Å². The zero-order valence-electron chi connectivity index (χ0n) is 9.49. The van der Waals surface area contributed by atoms with Gasteiger partial charge >= 0.3 is 0 Å². The number of rotatable bonds is 1. The summed E-state index contributed by atoms with van der Waals surface area (Å²) in [6, 6.07) is 9.19. The Hall–Kier alpha value is -0.860. The van der Waals surface area contributed by atoms with E-state index in [1.165, 1.54) is 11.1 Å². The molecule has 0 bridgehead atoms. The van der Waals surface area contributed by atoms with E-state index in [1.807, 2.05) is 0 Å². The number of ether oxygens (including phenoxy) is 1. The highest BCUT2D eigenvalue weighted by molar-refractivity contribution is 5.23. The molecule has 1 fully saturated rings. The van der Waals surface area contributed by atoms with Gasteiger partial charge in [-0.2, -0.15) is 0 Å². The van der Waals surface area contributed by atoms with E-state index in [4.69, 9.17) is 4.74 Å². The molecule has 1 aliphatic heterocycles. The third-order valence-electron chi connectivity index (χ3n) is 2.97. The molecule has 2 nitrogen and oxygen atoms in total. The van der Waals surface area contributed by atoms with Crippen LogP contribution in [0, 0.1) is 6.92 Å². The molecule has 0 aliphatic carbocycles. The van der Waals surface area contributed by atoms with Gasteiger partial charge in [0, 0.05) is 19.2 Å². The van der Waals surface area contributed by atoms with Crippen molar-refractivity contribution in [3.8, 4) is 0 Å². The Bertz CT molecular complexity index is 307. The van der Waals surface area contributed by atoms with E-state index in [9.17, 15) is 0 Å². The van der Waals surface area contributed by atoms with E-state index >= 15 is 0 Å². The van der Waals surface area contributed by atoms with Crippen molar-refractivity contribution in [1.29, 1.82) is 0 Å². The lowest BCUT2D eigenvalue weighted by atomic mass is 10.1. The molecule has 2 heteroatoms. The molecule has 1 heterocycles. The van der Waals surface area contributed by atoms with Crippen LogP contribution < -0.4 is 5.32 Å². The fraction of sp³-hybridized carbons (Fsp3) is 0.538. The molecule has 82 valence electrons. The van der Waals surface area contributed by atoms with E-state index in [0.29, 0.717) is 6.04 Å². The van der Waals surface area contributed by atoms with Gasteiger partial charge in [-0.15, -0.1) is 0 Å². The van der Waals surface area contributed by atoms with Gasteiger partial charge in [-0.1, -0.05) is 29.8 Å². The van der Waals surface area contributed by atoms with Crippen molar-refractivity contribution in [2.45, 2.75) is 32.4 Å². The van der Waals surface area contributed by atoms with Crippen molar-refractivity contribution in [3.05, 3.63) is 35.4 Å². The van der Waals surface area contributed by atoms with Gasteiger partial charge in [0.1, 0.15) is 0 Å². The molecule has 0 radical (unpaired) electrons. The SMILES string of the molecule is Cc1ccc(C2CNC(C)CCO2)cc1. The van der Waals surface area contributed by atoms with Gasteiger partial charge in [0.15, 0.2) is 0 Å².